The predicted octanol–water partition coefficient (Wildman–Crippen LogP) is 4.92. The van der Waals surface area contributed by atoms with Crippen molar-refractivity contribution in [2.24, 2.45) is 0 Å². The second-order valence-corrected chi connectivity index (χ2v) is 8.46. The van der Waals surface area contributed by atoms with Crippen molar-refractivity contribution >= 4 is 58.1 Å². The molecular formula is C25H22F6N2NaO4. The first-order chi connectivity index (χ1) is 17.2. The number of aromatic nitrogens is 1. The van der Waals surface area contributed by atoms with Gasteiger partial charge in [-0.15, -0.1) is 0 Å². The molecule has 0 spiro atoms. The first kappa shape index (κ1) is 31.4. The zero-order valence-electron chi connectivity index (χ0n) is 20.2. The van der Waals surface area contributed by atoms with Gasteiger partial charge in [-0.05, 0) is 41.8 Å². The molecule has 1 atom stereocenters. The number of H-pyrrole nitrogens is 1. The van der Waals surface area contributed by atoms with Gasteiger partial charge in [0.2, 0.25) is 5.91 Å². The number of Topliss-reactive ketones (excluding diaryl/α,β-unsaturated/α-hetero) is 1. The third kappa shape index (κ3) is 8.60. The third-order valence-corrected chi connectivity index (χ3v) is 5.70. The molecule has 0 saturated heterocycles. The fourth-order valence-electron chi connectivity index (χ4n) is 3.86. The number of aryl methyl sites for hydroxylation is 1. The van der Waals surface area contributed by atoms with Gasteiger partial charge in [-0.25, -0.2) is 0 Å². The number of hydrogen-bond donors (Lipinski definition) is 3. The number of carboxylic acid groups (broad SMARTS) is 1. The molecule has 199 valence electrons. The van der Waals surface area contributed by atoms with Crippen molar-refractivity contribution in [1.82, 2.24) is 10.3 Å². The molecule has 1 radical (unpaired) electrons. The van der Waals surface area contributed by atoms with Gasteiger partial charge in [0, 0.05) is 65.9 Å². The smallest absolute Gasteiger partial charge is 0.416 e. The Labute approximate surface area is 235 Å². The Balaban J connectivity index is 0.00000507. The Morgan fingerprint density at radius 2 is 1.50 bits per heavy atom. The van der Waals surface area contributed by atoms with Crippen LogP contribution in [0.25, 0.3) is 10.9 Å². The summed E-state index contributed by atoms with van der Waals surface area (Å²) >= 11 is 0. The van der Waals surface area contributed by atoms with E-state index in [-0.39, 0.29) is 47.6 Å². The van der Waals surface area contributed by atoms with Crippen LogP contribution in [0.2, 0.25) is 0 Å². The van der Waals surface area contributed by atoms with Crippen LogP contribution >= 0.6 is 0 Å². The molecular weight excluding hydrogens is 529 g/mol. The summed E-state index contributed by atoms with van der Waals surface area (Å²) < 4.78 is 78.9. The number of hydrogen-bond acceptors (Lipinski definition) is 3. The van der Waals surface area contributed by atoms with Crippen LogP contribution in [0.5, 0.6) is 0 Å². The van der Waals surface area contributed by atoms with Crippen LogP contribution < -0.4 is 5.32 Å². The van der Waals surface area contributed by atoms with E-state index in [1.54, 1.807) is 30.5 Å². The largest absolute Gasteiger partial charge is 0.481 e. The number of amides is 1. The summed E-state index contributed by atoms with van der Waals surface area (Å²) in [5.74, 6) is -2.57. The number of rotatable bonds is 10. The minimum absolute atomic E-state index is 0. The van der Waals surface area contributed by atoms with Crippen LogP contribution in [-0.4, -0.2) is 63.3 Å². The number of carbonyl (C=O) groups is 3. The van der Waals surface area contributed by atoms with E-state index in [9.17, 15) is 40.7 Å². The fraction of sp³-hybridized carbons (Fsp3) is 0.320. The van der Waals surface area contributed by atoms with Crippen molar-refractivity contribution in [2.45, 2.75) is 50.5 Å². The van der Waals surface area contributed by atoms with E-state index in [0.29, 0.717) is 17.7 Å². The van der Waals surface area contributed by atoms with Crippen molar-refractivity contribution in [2.75, 3.05) is 0 Å². The van der Waals surface area contributed by atoms with Crippen LogP contribution in [0.3, 0.4) is 0 Å². The Morgan fingerprint density at radius 1 is 0.895 bits per heavy atom. The summed E-state index contributed by atoms with van der Waals surface area (Å²) in [6, 6.07) is 7.05. The van der Waals surface area contributed by atoms with Gasteiger partial charge in [0.1, 0.15) is 0 Å². The standard InChI is InChI=1S/C25H22F6N2O4.Na/c26-24(27,28)16-9-14(10-17(12-16)25(29,30)31)5-6-21(34)20(33-22(35)7-8-23(36)37)11-15-13-32-19-4-2-1-3-18(15)19;/h1-4,9-10,12-13,20,32H,5-8,11H2,(H,33,35)(H,36,37);. The van der Waals surface area contributed by atoms with Crippen molar-refractivity contribution in [3.8, 4) is 0 Å². The Morgan fingerprint density at radius 3 is 2.08 bits per heavy atom. The number of carboxylic acids is 1. The first-order valence-electron chi connectivity index (χ1n) is 11.1. The minimum atomic E-state index is -5.02. The molecule has 1 heterocycles. The molecule has 0 aliphatic heterocycles. The number of alkyl halides is 6. The maximum atomic E-state index is 13.1. The van der Waals surface area contributed by atoms with Crippen molar-refractivity contribution < 1.29 is 45.8 Å². The van der Waals surface area contributed by atoms with Crippen LogP contribution in [0.4, 0.5) is 26.3 Å². The summed E-state index contributed by atoms with van der Waals surface area (Å²) in [6.45, 7) is 0. The number of carbonyl (C=O) groups excluding carboxylic acids is 2. The Kier molecular flexibility index (Phi) is 10.6. The first-order valence-corrected chi connectivity index (χ1v) is 11.1. The van der Waals surface area contributed by atoms with Crippen molar-refractivity contribution in [1.29, 1.82) is 0 Å². The van der Waals surface area contributed by atoms with Gasteiger partial charge < -0.3 is 15.4 Å². The number of fused-ring (bicyclic) bond motifs is 1. The summed E-state index contributed by atoms with van der Waals surface area (Å²) in [5, 5.41) is 12.0. The summed E-state index contributed by atoms with van der Waals surface area (Å²) in [4.78, 5) is 39.1. The molecule has 3 N–H and O–H groups in total. The number of aliphatic carboxylic acids is 1. The molecule has 0 fully saturated rings. The molecule has 38 heavy (non-hydrogen) atoms. The zero-order valence-corrected chi connectivity index (χ0v) is 22.2. The minimum Gasteiger partial charge on any atom is -0.481 e. The molecule has 1 aromatic heterocycles. The maximum Gasteiger partial charge on any atom is 0.416 e. The monoisotopic (exact) mass is 551 g/mol. The normalized spacial score (nSPS) is 12.6. The average molecular weight is 551 g/mol. The second-order valence-electron chi connectivity index (χ2n) is 8.46. The van der Waals surface area contributed by atoms with E-state index in [1.807, 2.05) is 0 Å². The van der Waals surface area contributed by atoms with Crippen LogP contribution in [0, 0.1) is 0 Å². The number of ketones is 1. The molecule has 0 aliphatic carbocycles. The number of benzene rings is 2. The van der Waals surface area contributed by atoms with E-state index >= 15 is 0 Å². The molecule has 0 saturated carbocycles. The summed E-state index contributed by atoms with van der Waals surface area (Å²) in [7, 11) is 0. The average Bonchev–Trinajstić information content (AvgIpc) is 3.22. The van der Waals surface area contributed by atoms with Crippen molar-refractivity contribution in [3.63, 3.8) is 0 Å². The predicted molar refractivity (Wildman–Crippen MR) is 126 cm³/mol. The maximum absolute atomic E-state index is 13.1. The number of para-hydroxylation sites is 1. The number of nitrogens with one attached hydrogen (secondary N) is 2. The molecule has 3 aromatic rings. The van der Waals surface area contributed by atoms with Crippen LogP contribution in [-0.2, 0) is 39.6 Å². The molecule has 0 aliphatic rings. The third-order valence-electron chi connectivity index (χ3n) is 5.70. The topological polar surface area (TPSA) is 99.3 Å². The van der Waals surface area contributed by atoms with Gasteiger partial charge >= 0.3 is 18.3 Å². The fourth-order valence-corrected chi connectivity index (χ4v) is 3.86. The molecule has 3 rings (SSSR count). The second kappa shape index (κ2) is 12.8. The Hall–Kier alpha value is -2.83. The molecule has 13 heteroatoms. The number of aromatic amines is 1. The van der Waals surface area contributed by atoms with E-state index in [1.165, 1.54) is 0 Å². The van der Waals surface area contributed by atoms with Gasteiger partial charge in [0.05, 0.1) is 23.6 Å². The van der Waals surface area contributed by atoms with Gasteiger partial charge in [0.25, 0.3) is 0 Å². The molecule has 2 aromatic carbocycles. The van der Waals surface area contributed by atoms with E-state index < -0.39 is 72.9 Å². The van der Waals surface area contributed by atoms with Crippen molar-refractivity contribution in [3.05, 3.63) is 70.9 Å². The van der Waals surface area contributed by atoms with Gasteiger partial charge in [-0.3, -0.25) is 14.4 Å². The molecule has 6 nitrogen and oxygen atoms in total. The van der Waals surface area contributed by atoms with E-state index in [0.717, 1.165) is 10.9 Å². The molecule has 1 amide bonds. The Bertz CT molecular complexity index is 1270. The van der Waals surface area contributed by atoms with Gasteiger partial charge in [0.15, 0.2) is 5.78 Å². The van der Waals surface area contributed by atoms with Gasteiger partial charge in [-0.2, -0.15) is 26.3 Å². The molecule has 1 unspecified atom stereocenters. The SMILES string of the molecule is O=C(O)CCC(=O)NC(Cc1c[nH]c2ccccc12)C(=O)CCc1cc(C(F)(F)F)cc(C(F)(F)F)c1.[Na]. The number of halogens is 6. The quantitative estimate of drug-likeness (QED) is 0.246. The van der Waals surface area contributed by atoms with E-state index in [2.05, 4.69) is 10.3 Å². The summed E-state index contributed by atoms with van der Waals surface area (Å²) in [6.07, 6.45) is -10.2. The van der Waals surface area contributed by atoms with Crippen LogP contribution in [0.1, 0.15) is 41.5 Å². The van der Waals surface area contributed by atoms with Gasteiger partial charge in [-0.1, -0.05) is 18.2 Å². The zero-order chi connectivity index (χ0) is 27.4. The summed E-state index contributed by atoms with van der Waals surface area (Å²) in [5.41, 5.74) is -1.90. The van der Waals surface area contributed by atoms with E-state index in [4.69, 9.17) is 5.11 Å². The molecule has 0 bridgehead atoms. The van der Waals surface area contributed by atoms with Crippen LogP contribution in [0.15, 0.2) is 48.7 Å².